The quantitative estimate of drug-likeness (QED) is 0.860. The van der Waals surface area contributed by atoms with Gasteiger partial charge in [0.1, 0.15) is 5.75 Å². The van der Waals surface area contributed by atoms with Gasteiger partial charge >= 0.3 is 0 Å². The third-order valence-electron chi connectivity index (χ3n) is 4.02. The Hall–Kier alpha value is -1.75. The predicted octanol–water partition coefficient (Wildman–Crippen LogP) is 1.83. The lowest BCUT2D eigenvalue weighted by molar-refractivity contribution is 0.0541. The fourth-order valence-electron chi connectivity index (χ4n) is 2.75. The van der Waals surface area contributed by atoms with E-state index in [0.717, 1.165) is 26.1 Å². The van der Waals surface area contributed by atoms with Crippen LogP contribution in [0.5, 0.6) is 5.75 Å². The maximum absolute atomic E-state index is 12.7. The maximum Gasteiger partial charge on any atom is 0.254 e. The first-order chi connectivity index (χ1) is 10.0. The van der Waals surface area contributed by atoms with E-state index in [9.17, 15) is 4.79 Å². The number of carbonyl (C=O) groups is 1. The molecule has 1 aliphatic heterocycles. The molecule has 5 heteroatoms. The van der Waals surface area contributed by atoms with Crippen LogP contribution < -0.4 is 10.5 Å². The van der Waals surface area contributed by atoms with Gasteiger partial charge in [-0.3, -0.25) is 9.69 Å². The minimum absolute atomic E-state index is 0.0369. The van der Waals surface area contributed by atoms with Gasteiger partial charge in [0.25, 0.3) is 5.91 Å². The molecule has 21 heavy (non-hydrogen) atoms. The number of benzene rings is 1. The van der Waals surface area contributed by atoms with E-state index in [4.69, 9.17) is 10.5 Å². The van der Waals surface area contributed by atoms with Crippen LogP contribution in [0, 0.1) is 0 Å². The topological polar surface area (TPSA) is 58.8 Å². The van der Waals surface area contributed by atoms with Crippen LogP contribution in [-0.2, 0) is 0 Å². The van der Waals surface area contributed by atoms with Gasteiger partial charge in [-0.15, -0.1) is 0 Å². The molecule has 1 aromatic carbocycles. The number of rotatable bonds is 4. The fourth-order valence-corrected chi connectivity index (χ4v) is 2.75. The number of hydrogen-bond acceptors (Lipinski definition) is 4. The van der Waals surface area contributed by atoms with Crippen molar-refractivity contribution in [2.24, 2.45) is 0 Å². The first kappa shape index (κ1) is 15.6. The van der Waals surface area contributed by atoms with Crippen LogP contribution in [0.3, 0.4) is 0 Å². The SMILES string of the molecule is CCOc1cc(N)cc(C(=O)N2CCN(C)C(CC)C2)c1. The van der Waals surface area contributed by atoms with Crippen LogP contribution in [0.4, 0.5) is 5.69 Å². The molecule has 0 bridgehead atoms. The fraction of sp³-hybridized carbons (Fsp3) is 0.562. The number of piperazine rings is 1. The predicted molar refractivity (Wildman–Crippen MR) is 84.6 cm³/mol. The molecule has 0 aliphatic carbocycles. The Labute approximate surface area is 126 Å². The Balaban J connectivity index is 2.16. The van der Waals surface area contributed by atoms with Gasteiger partial charge in [0, 0.05) is 43.0 Å². The molecule has 1 fully saturated rings. The number of amides is 1. The number of anilines is 1. The zero-order chi connectivity index (χ0) is 15.4. The summed E-state index contributed by atoms with van der Waals surface area (Å²) in [6, 6.07) is 5.68. The average Bonchev–Trinajstić information content (AvgIpc) is 2.47. The minimum Gasteiger partial charge on any atom is -0.494 e. The van der Waals surface area contributed by atoms with Crippen molar-refractivity contribution < 1.29 is 9.53 Å². The summed E-state index contributed by atoms with van der Waals surface area (Å²) < 4.78 is 5.47. The molecule has 2 rings (SSSR count). The normalized spacial score (nSPS) is 19.6. The Kier molecular flexibility index (Phi) is 5.07. The van der Waals surface area contributed by atoms with E-state index >= 15 is 0 Å². The Morgan fingerprint density at radius 2 is 2.10 bits per heavy atom. The number of nitrogens with zero attached hydrogens (tertiary/aromatic N) is 2. The number of carbonyl (C=O) groups excluding carboxylic acids is 1. The van der Waals surface area contributed by atoms with Crippen molar-refractivity contribution >= 4 is 11.6 Å². The molecule has 1 atom stereocenters. The van der Waals surface area contributed by atoms with Crippen LogP contribution in [0.25, 0.3) is 0 Å². The molecule has 2 N–H and O–H groups in total. The van der Waals surface area contributed by atoms with Crippen molar-refractivity contribution in [1.82, 2.24) is 9.80 Å². The van der Waals surface area contributed by atoms with Gasteiger partial charge in [0.2, 0.25) is 0 Å². The van der Waals surface area contributed by atoms with Crippen molar-refractivity contribution in [3.05, 3.63) is 23.8 Å². The molecular weight excluding hydrogens is 266 g/mol. The molecule has 1 amide bonds. The Bertz CT molecular complexity index is 504. The first-order valence-corrected chi connectivity index (χ1v) is 7.58. The standard InChI is InChI=1S/C16H25N3O2/c1-4-14-11-19(7-6-18(14)3)16(20)12-8-13(17)10-15(9-12)21-5-2/h8-10,14H,4-7,11,17H2,1-3H3. The zero-order valence-corrected chi connectivity index (χ0v) is 13.1. The summed E-state index contributed by atoms with van der Waals surface area (Å²) in [6.07, 6.45) is 1.04. The lowest BCUT2D eigenvalue weighted by Crippen LogP contribution is -2.52. The third kappa shape index (κ3) is 3.67. The second-order valence-electron chi connectivity index (χ2n) is 5.52. The van der Waals surface area contributed by atoms with Crippen LogP contribution in [0.1, 0.15) is 30.6 Å². The van der Waals surface area contributed by atoms with Crippen LogP contribution in [-0.4, -0.2) is 55.0 Å². The highest BCUT2D eigenvalue weighted by molar-refractivity contribution is 5.95. The molecule has 0 aromatic heterocycles. The molecule has 1 unspecified atom stereocenters. The van der Waals surface area contributed by atoms with Crippen molar-refractivity contribution in [3.63, 3.8) is 0 Å². The molecule has 1 heterocycles. The lowest BCUT2D eigenvalue weighted by atomic mass is 10.1. The van der Waals surface area contributed by atoms with Gasteiger partial charge in [-0.2, -0.15) is 0 Å². The molecular formula is C16H25N3O2. The summed E-state index contributed by atoms with van der Waals surface area (Å²) in [4.78, 5) is 16.9. The zero-order valence-electron chi connectivity index (χ0n) is 13.1. The van der Waals surface area contributed by atoms with E-state index in [0.29, 0.717) is 29.6 Å². The Morgan fingerprint density at radius 3 is 2.76 bits per heavy atom. The largest absolute Gasteiger partial charge is 0.494 e. The second kappa shape index (κ2) is 6.80. The van der Waals surface area contributed by atoms with E-state index in [1.807, 2.05) is 11.8 Å². The summed E-state index contributed by atoms with van der Waals surface area (Å²) in [5.41, 5.74) is 7.04. The summed E-state index contributed by atoms with van der Waals surface area (Å²) in [5.74, 6) is 0.692. The van der Waals surface area contributed by atoms with Gasteiger partial charge < -0.3 is 15.4 Å². The maximum atomic E-state index is 12.7. The van der Waals surface area contributed by atoms with Crippen molar-refractivity contribution in [1.29, 1.82) is 0 Å². The Morgan fingerprint density at radius 1 is 1.33 bits per heavy atom. The number of hydrogen-bond donors (Lipinski definition) is 1. The number of likely N-dealkylation sites (N-methyl/N-ethyl adjacent to an activating group) is 1. The highest BCUT2D eigenvalue weighted by Gasteiger charge is 2.27. The molecule has 5 nitrogen and oxygen atoms in total. The van der Waals surface area contributed by atoms with Crippen LogP contribution >= 0.6 is 0 Å². The third-order valence-corrected chi connectivity index (χ3v) is 4.02. The monoisotopic (exact) mass is 291 g/mol. The van der Waals surface area contributed by atoms with Crippen molar-refractivity contribution in [3.8, 4) is 5.75 Å². The summed E-state index contributed by atoms with van der Waals surface area (Å²) in [5, 5.41) is 0. The summed E-state index contributed by atoms with van der Waals surface area (Å²) in [6.45, 7) is 7.06. The average molecular weight is 291 g/mol. The molecule has 0 spiro atoms. The number of nitrogen functional groups attached to an aromatic ring is 1. The molecule has 0 radical (unpaired) electrons. The highest BCUT2D eigenvalue weighted by Crippen LogP contribution is 2.21. The van der Waals surface area contributed by atoms with Gasteiger partial charge in [0.15, 0.2) is 0 Å². The first-order valence-electron chi connectivity index (χ1n) is 7.58. The molecule has 0 saturated carbocycles. The van der Waals surface area contributed by atoms with Gasteiger partial charge in [0.05, 0.1) is 6.61 Å². The number of nitrogens with two attached hydrogens (primary N) is 1. The van der Waals surface area contributed by atoms with Gasteiger partial charge in [-0.25, -0.2) is 0 Å². The lowest BCUT2D eigenvalue weighted by Gasteiger charge is -2.39. The number of ether oxygens (including phenoxy) is 1. The molecule has 116 valence electrons. The second-order valence-corrected chi connectivity index (χ2v) is 5.52. The van der Waals surface area contributed by atoms with E-state index in [1.165, 1.54) is 0 Å². The van der Waals surface area contributed by atoms with Crippen LogP contribution in [0.15, 0.2) is 18.2 Å². The molecule has 1 aliphatic rings. The van der Waals surface area contributed by atoms with Gasteiger partial charge in [-0.1, -0.05) is 6.92 Å². The van der Waals surface area contributed by atoms with E-state index in [-0.39, 0.29) is 5.91 Å². The highest BCUT2D eigenvalue weighted by atomic mass is 16.5. The molecule has 1 saturated heterocycles. The van der Waals surface area contributed by atoms with Crippen LogP contribution in [0.2, 0.25) is 0 Å². The van der Waals surface area contributed by atoms with Crippen molar-refractivity contribution in [2.75, 3.05) is 39.0 Å². The van der Waals surface area contributed by atoms with Crippen molar-refractivity contribution in [2.45, 2.75) is 26.3 Å². The van der Waals surface area contributed by atoms with E-state index in [1.54, 1.807) is 18.2 Å². The smallest absolute Gasteiger partial charge is 0.254 e. The minimum atomic E-state index is 0.0369. The summed E-state index contributed by atoms with van der Waals surface area (Å²) in [7, 11) is 2.11. The molecule has 1 aromatic rings. The summed E-state index contributed by atoms with van der Waals surface area (Å²) >= 11 is 0. The van der Waals surface area contributed by atoms with E-state index < -0.39 is 0 Å². The van der Waals surface area contributed by atoms with Gasteiger partial charge in [-0.05, 0) is 32.5 Å². The van der Waals surface area contributed by atoms with E-state index in [2.05, 4.69) is 18.9 Å².